The summed E-state index contributed by atoms with van der Waals surface area (Å²) in [6.07, 6.45) is 0. The van der Waals surface area contributed by atoms with Crippen molar-refractivity contribution >= 4 is 41.0 Å². The minimum atomic E-state index is -0.266. The van der Waals surface area contributed by atoms with Crippen LogP contribution in [-0.2, 0) is 14.3 Å². The summed E-state index contributed by atoms with van der Waals surface area (Å²) in [5.41, 5.74) is 6.52. The fourth-order valence-electron chi connectivity index (χ4n) is 4.89. The van der Waals surface area contributed by atoms with Crippen LogP contribution in [0, 0.1) is 13.8 Å². The van der Waals surface area contributed by atoms with E-state index in [-0.39, 0.29) is 29.4 Å². The van der Waals surface area contributed by atoms with E-state index >= 15 is 0 Å². The van der Waals surface area contributed by atoms with Gasteiger partial charge in [0.1, 0.15) is 12.4 Å². The molecule has 1 atom stereocenters. The fraction of sp³-hybridized carbons (Fsp3) is 0.258. The lowest BCUT2D eigenvalue weighted by molar-refractivity contribution is -0.123. The van der Waals surface area contributed by atoms with E-state index in [0.717, 1.165) is 39.2 Å². The number of halogens is 1. The van der Waals surface area contributed by atoms with Gasteiger partial charge in [-0.3, -0.25) is 14.5 Å². The number of ether oxygens (including phenoxy) is 1. The molecule has 9 heteroatoms. The molecule has 0 bridgehead atoms. The van der Waals surface area contributed by atoms with E-state index in [4.69, 9.17) is 21.4 Å². The van der Waals surface area contributed by atoms with Gasteiger partial charge in [-0.1, -0.05) is 66.2 Å². The van der Waals surface area contributed by atoms with Crippen LogP contribution in [0.15, 0.2) is 72.8 Å². The monoisotopic (exact) mass is 574 g/mol. The molecule has 0 spiro atoms. The molecule has 206 valence electrons. The van der Waals surface area contributed by atoms with Gasteiger partial charge in [-0.25, -0.2) is 4.68 Å². The average molecular weight is 575 g/mol. The van der Waals surface area contributed by atoms with Crippen LogP contribution >= 0.6 is 23.4 Å². The second-order valence-corrected chi connectivity index (χ2v) is 11.2. The Morgan fingerprint density at radius 3 is 2.62 bits per heavy atom. The highest BCUT2D eigenvalue weighted by Gasteiger charge is 2.38. The number of carbonyl (C=O) groups is 2. The topological polar surface area (TPSA) is 76.5 Å². The third kappa shape index (κ3) is 5.66. The lowest BCUT2D eigenvalue weighted by Gasteiger charge is -2.24. The number of hydrogen-bond donors (Lipinski definition) is 1. The highest BCUT2D eigenvalue weighted by atomic mass is 35.5. The Labute approximate surface area is 243 Å². The molecule has 1 aromatic heterocycles. The Kier molecular flexibility index (Phi) is 8.59. The fourth-order valence-corrected chi connectivity index (χ4v) is 6.27. The zero-order chi connectivity index (χ0) is 28.2. The van der Waals surface area contributed by atoms with Gasteiger partial charge in [0.05, 0.1) is 29.0 Å². The summed E-state index contributed by atoms with van der Waals surface area (Å²) in [5, 5.41) is 8.40. The first-order valence-electron chi connectivity index (χ1n) is 13.1. The number of nitrogens with one attached hydrogen (secondary N) is 1. The molecular weight excluding hydrogens is 544 g/mol. The van der Waals surface area contributed by atoms with Crippen LogP contribution in [0.2, 0.25) is 5.02 Å². The lowest BCUT2D eigenvalue weighted by atomic mass is 9.99. The number of aryl methyl sites for hydroxylation is 1. The van der Waals surface area contributed by atoms with Crippen LogP contribution in [0.25, 0.3) is 16.9 Å². The van der Waals surface area contributed by atoms with Crippen LogP contribution in [-0.4, -0.2) is 54.2 Å². The van der Waals surface area contributed by atoms with E-state index < -0.39 is 0 Å². The first kappa shape index (κ1) is 28.0. The quantitative estimate of drug-likeness (QED) is 0.272. The molecule has 0 aliphatic carbocycles. The molecule has 5 rings (SSSR count). The van der Waals surface area contributed by atoms with Crippen LogP contribution in [0.4, 0.5) is 5.82 Å². The summed E-state index contributed by atoms with van der Waals surface area (Å²) in [5.74, 6) is 0.355. The maximum absolute atomic E-state index is 13.8. The summed E-state index contributed by atoms with van der Waals surface area (Å²) in [6.45, 7) is 4.70. The van der Waals surface area contributed by atoms with E-state index in [1.165, 1.54) is 11.8 Å². The van der Waals surface area contributed by atoms with Crippen molar-refractivity contribution in [3.63, 3.8) is 0 Å². The number of aromatic nitrogens is 2. The Morgan fingerprint density at radius 2 is 1.88 bits per heavy atom. The second kappa shape index (κ2) is 12.3. The van der Waals surface area contributed by atoms with Crippen molar-refractivity contribution in [2.75, 3.05) is 37.5 Å². The Hall–Kier alpha value is -3.59. The number of anilines is 1. The first-order valence-corrected chi connectivity index (χ1v) is 14.5. The van der Waals surface area contributed by atoms with Crippen LogP contribution in [0.1, 0.15) is 27.5 Å². The molecule has 0 unspecified atom stereocenters. The lowest BCUT2D eigenvalue weighted by Crippen LogP contribution is -2.43. The summed E-state index contributed by atoms with van der Waals surface area (Å²) in [6, 6.07) is 23.7. The molecule has 1 aliphatic heterocycles. The van der Waals surface area contributed by atoms with Gasteiger partial charge in [0, 0.05) is 29.8 Å². The molecule has 40 heavy (non-hydrogen) atoms. The second-order valence-electron chi connectivity index (χ2n) is 9.65. The number of amides is 2. The maximum atomic E-state index is 13.8. The minimum Gasteiger partial charge on any atom is -0.383 e. The van der Waals surface area contributed by atoms with Crippen LogP contribution in [0.5, 0.6) is 0 Å². The van der Waals surface area contributed by atoms with Crippen LogP contribution in [0.3, 0.4) is 0 Å². The Morgan fingerprint density at radius 1 is 1.10 bits per heavy atom. The molecule has 1 aliphatic rings. The van der Waals surface area contributed by atoms with Gasteiger partial charge in [0.2, 0.25) is 11.8 Å². The maximum Gasteiger partial charge on any atom is 0.240 e. The van der Waals surface area contributed by atoms with Crippen molar-refractivity contribution in [3.8, 4) is 16.9 Å². The van der Waals surface area contributed by atoms with Gasteiger partial charge in [-0.2, -0.15) is 5.10 Å². The molecule has 3 aromatic carbocycles. The Balaban J connectivity index is 1.78. The van der Waals surface area contributed by atoms with E-state index in [2.05, 4.69) is 18.3 Å². The molecule has 7 nitrogen and oxygen atoms in total. The van der Waals surface area contributed by atoms with E-state index in [0.29, 0.717) is 24.0 Å². The number of rotatable bonds is 8. The minimum absolute atomic E-state index is 0.136. The van der Waals surface area contributed by atoms with Crippen molar-refractivity contribution in [2.24, 2.45) is 0 Å². The van der Waals surface area contributed by atoms with Crippen molar-refractivity contribution in [3.05, 3.63) is 100 Å². The van der Waals surface area contributed by atoms with Gasteiger partial charge in [-0.05, 0) is 48.7 Å². The van der Waals surface area contributed by atoms with Gasteiger partial charge < -0.3 is 10.1 Å². The van der Waals surface area contributed by atoms with E-state index in [9.17, 15) is 9.59 Å². The van der Waals surface area contributed by atoms with Crippen molar-refractivity contribution in [1.82, 2.24) is 15.1 Å². The molecule has 2 heterocycles. The predicted octanol–water partition coefficient (Wildman–Crippen LogP) is 5.74. The SMILES string of the molecule is COCCNC(=O)CN1C(=O)CS[C@H](c2cccc(Cl)c2)c2c(-c3ccccc3)nn(-c3cccc(C)c3C)c21. The number of fused-ring (bicyclic) bond motifs is 1. The summed E-state index contributed by atoms with van der Waals surface area (Å²) >= 11 is 7.96. The zero-order valence-corrected chi connectivity index (χ0v) is 24.3. The zero-order valence-electron chi connectivity index (χ0n) is 22.7. The Bertz CT molecular complexity index is 1540. The van der Waals surface area contributed by atoms with Gasteiger partial charge >= 0.3 is 0 Å². The van der Waals surface area contributed by atoms with Crippen molar-refractivity contribution in [2.45, 2.75) is 19.1 Å². The predicted molar refractivity (Wildman–Crippen MR) is 161 cm³/mol. The highest BCUT2D eigenvalue weighted by molar-refractivity contribution is 8.00. The highest BCUT2D eigenvalue weighted by Crippen LogP contribution is 2.49. The number of nitrogens with zero attached hydrogens (tertiary/aromatic N) is 3. The smallest absolute Gasteiger partial charge is 0.240 e. The third-order valence-electron chi connectivity index (χ3n) is 7.02. The molecular formula is C31H31ClN4O3S. The van der Waals surface area contributed by atoms with Gasteiger partial charge in [0.25, 0.3) is 0 Å². The normalized spacial score (nSPS) is 15.1. The molecule has 0 saturated carbocycles. The summed E-state index contributed by atoms with van der Waals surface area (Å²) in [7, 11) is 1.58. The van der Waals surface area contributed by atoms with E-state index in [1.807, 2.05) is 78.3 Å². The molecule has 0 radical (unpaired) electrons. The number of benzene rings is 3. The largest absolute Gasteiger partial charge is 0.383 e. The van der Waals surface area contributed by atoms with Crippen molar-refractivity contribution < 1.29 is 14.3 Å². The first-order chi connectivity index (χ1) is 19.4. The van der Waals surface area contributed by atoms with Gasteiger partial charge in [-0.15, -0.1) is 11.8 Å². The number of thioether (sulfide) groups is 1. The number of hydrogen-bond acceptors (Lipinski definition) is 5. The van der Waals surface area contributed by atoms with Gasteiger partial charge in [0.15, 0.2) is 0 Å². The molecule has 0 saturated heterocycles. The number of methoxy groups -OCH3 is 1. The molecule has 1 N–H and O–H groups in total. The number of carbonyl (C=O) groups excluding carboxylic acids is 2. The van der Waals surface area contributed by atoms with Crippen LogP contribution < -0.4 is 10.2 Å². The third-order valence-corrected chi connectivity index (χ3v) is 8.51. The molecule has 2 amide bonds. The average Bonchev–Trinajstić information content (AvgIpc) is 3.27. The standard InChI is InChI=1S/C31H31ClN4O3S/c1-20-9-7-14-25(21(20)2)36-31-28(29(34-36)22-10-5-4-6-11-22)30(23-12-8-13-24(32)17-23)40-19-27(38)35(31)18-26(37)33-15-16-39-3/h4-14,17,30H,15-16,18-19H2,1-3H3,(H,33,37)/t30-/m1/s1. The molecule has 0 fully saturated rings. The summed E-state index contributed by atoms with van der Waals surface area (Å²) in [4.78, 5) is 28.5. The molecule has 4 aromatic rings. The van der Waals surface area contributed by atoms with E-state index in [1.54, 1.807) is 12.0 Å². The van der Waals surface area contributed by atoms with Crippen molar-refractivity contribution in [1.29, 1.82) is 0 Å². The summed E-state index contributed by atoms with van der Waals surface area (Å²) < 4.78 is 6.92.